The highest BCUT2D eigenvalue weighted by Gasteiger charge is 2.39. The van der Waals surface area contributed by atoms with Gasteiger partial charge in [-0.15, -0.1) is 0 Å². The van der Waals surface area contributed by atoms with E-state index in [-0.39, 0.29) is 11.6 Å². The van der Waals surface area contributed by atoms with Gasteiger partial charge in [0.2, 0.25) is 0 Å². The van der Waals surface area contributed by atoms with Crippen molar-refractivity contribution in [2.45, 2.75) is 57.6 Å². The summed E-state index contributed by atoms with van der Waals surface area (Å²) < 4.78 is 6.09. The summed E-state index contributed by atoms with van der Waals surface area (Å²) in [5.41, 5.74) is 8.86. The predicted octanol–water partition coefficient (Wildman–Crippen LogP) is 3.73. The van der Waals surface area contributed by atoms with Crippen LogP contribution in [0, 0.1) is 6.92 Å². The first kappa shape index (κ1) is 13.6. The van der Waals surface area contributed by atoms with E-state index in [0.717, 1.165) is 19.4 Å². The molecule has 0 aromatic heterocycles. The lowest BCUT2D eigenvalue weighted by Crippen LogP contribution is -2.45. The van der Waals surface area contributed by atoms with Crippen LogP contribution in [0.15, 0.2) is 24.3 Å². The van der Waals surface area contributed by atoms with Gasteiger partial charge in [-0.25, -0.2) is 0 Å². The summed E-state index contributed by atoms with van der Waals surface area (Å²) in [7, 11) is 0. The van der Waals surface area contributed by atoms with Crippen LogP contribution in [0.25, 0.3) is 0 Å². The van der Waals surface area contributed by atoms with Crippen molar-refractivity contribution in [3.8, 4) is 0 Å². The predicted molar refractivity (Wildman–Crippen MR) is 75.5 cm³/mol. The Hall–Kier alpha value is -0.860. The Kier molecular flexibility index (Phi) is 4.41. The maximum absolute atomic E-state index is 6.52. The highest BCUT2D eigenvalue weighted by atomic mass is 16.5. The van der Waals surface area contributed by atoms with Gasteiger partial charge in [0.25, 0.3) is 0 Å². The smallest absolute Gasteiger partial charge is 0.0874 e. The zero-order valence-corrected chi connectivity index (χ0v) is 11.6. The lowest BCUT2D eigenvalue weighted by atomic mass is 9.77. The molecule has 1 aromatic rings. The molecule has 0 spiro atoms. The van der Waals surface area contributed by atoms with Gasteiger partial charge in [0, 0.05) is 6.61 Å². The van der Waals surface area contributed by atoms with Gasteiger partial charge in [0.1, 0.15) is 0 Å². The van der Waals surface area contributed by atoms with Gasteiger partial charge in [-0.05, 0) is 32.3 Å². The van der Waals surface area contributed by atoms with Crippen LogP contribution < -0.4 is 5.73 Å². The zero-order valence-electron chi connectivity index (χ0n) is 11.6. The van der Waals surface area contributed by atoms with Crippen molar-refractivity contribution < 1.29 is 4.74 Å². The molecule has 0 bridgehead atoms. The van der Waals surface area contributed by atoms with E-state index in [1.807, 2.05) is 0 Å². The third kappa shape index (κ3) is 2.76. The van der Waals surface area contributed by atoms with Crippen molar-refractivity contribution in [2.75, 3.05) is 6.61 Å². The molecule has 1 atom stereocenters. The van der Waals surface area contributed by atoms with Crippen LogP contribution in [-0.2, 0) is 4.74 Å². The molecule has 2 nitrogen and oxygen atoms in total. The summed E-state index contributed by atoms with van der Waals surface area (Å²) in [6.07, 6.45) is 5.97. The van der Waals surface area contributed by atoms with Gasteiger partial charge < -0.3 is 10.5 Å². The highest BCUT2D eigenvalue weighted by Crippen LogP contribution is 2.40. The molecule has 1 saturated carbocycles. The van der Waals surface area contributed by atoms with E-state index >= 15 is 0 Å². The van der Waals surface area contributed by atoms with Crippen LogP contribution in [0.2, 0.25) is 0 Å². The van der Waals surface area contributed by atoms with E-state index in [9.17, 15) is 0 Å². The molecule has 2 N–H and O–H groups in total. The number of rotatable bonds is 4. The first-order valence-corrected chi connectivity index (χ1v) is 7.14. The zero-order chi connectivity index (χ0) is 13.0. The quantitative estimate of drug-likeness (QED) is 0.879. The van der Waals surface area contributed by atoms with Crippen molar-refractivity contribution >= 4 is 0 Å². The minimum absolute atomic E-state index is 0.00153. The normalized spacial score (nSPS) is 20.6. The van der Waals surface area contributed by atoms with Crippen LogP contribution in [0.5, 0.6) is 0 Å². The van der Waals surface area contributed by atoms with Crippen LogP contribution in [0.1, 0.15) is 56.2 Å². The van der Waals surface area contributed by atoms with Crippen LogP contribution >= 0.6 is 0 Å². The molecule has 1 aliphatic carbocycles. The van der Waals surface area contributed by atoms with E-state index in [4.69, 9.17) is 10.5 Å². The van der Waals surface area contributed by atoms with Gasteiger partial charge in [-0.1, -0.05) is 49.1 Å². The number of benzene rings is 1. The summed E-state index contributed by atoms with van der Waals surface area (Å²) in [5.74, 6) is 0. The summed E-state index contributed by atoms with van der Waals surface area (Å²) in [5, 5.41) is 0. The second-order valence-electron chi connectivity index (χ2n) is 5.45. The van der Waals surface area contributed by atoms with E-state index in [1.165, 1.54) is 30.4 Å². The molecular weight excluding hydrogens is 222 g/mol. The van der Waals surface area contributed by atoms with Gasteiger partial charge in [0.15, 0.2) is 0 Å². The molecule has 2 heteroatoms. The Morgan fingerprint density at radius 1 is 1.17 bits per heavy atom. The third-order valence-corrected chi connectivity index (χ3v) is 4.13. The molecule has 0 amide bonds. The van der Waals surface area contributed by atoms with Crippen LogP contribution in [0.4, 0.5) is 0 Å². The van der Waals surface area contributed by atoms with E-state index in [2.05, 4.69) is 38.1 Å². The van der Waals surface area contributed by atoms with Crippen molar-refractivity contribution in [3.05, 3.63) is 35.4 Å². The fraction of sp³-hybridized carbons (Fsp3) is 0.625. The Balaban J connectivity index is 2.21. The lowest BCUT2D eigenvalue weighted by molar-refractivity contribution is -0.0830. The topological polar surface area (TPSA) is 35.2 Å². The van der Waals surface area contributed by atoms with Crippen molar-refractivity contribution in [1.29, 1.82) is 0 Å². The van der Waals surface area contributed by atoms with Gasteiger partial charge in [-0.3, -0.25) is 0 Å². The molecular formula is C16H25NO. The molecule has 1 unspecified atom stereocenters. The fourth-order valence-corrected chi connectivity index (χ4v) is 3.06. The molecule has 1 aromatic carbocycles. The molecule has 0 heterocycles. The molecule has 18 heavy (non-hydrogen) atoms. The maximum Gasteiger partial charge on any atom is 0.0874 e. The average molecular weight is 247 g/mol. The Bertz CT molecular complexity index is 360. The minimum atomic E-state index is -0.137. The summed E-state index contributed by atoms with van der Waals surface area (Å²) in [6.45, 7) is 4.92. The summed E-state index contributed by atoms with van der Waals surface area (Å²) >= 11 is 0. The molecule has 1 aliphatic rings. The van der Waals surface area contributed by atoms with E-state index in [0.29, 0.717) is 0 Å². The van der Waals surface area contributed by atoms with Crippen molar-refractivity contribution in [3.63, 3.8) is 0 Å². The van der Waals surface area contributed by atoms with Gasteiger partial charge in [0.05, 0.1) is 11.6 Å². The first-order valence-electron chi connectivity index (χ1n) is 7.14. The second-order valence-corrected chi connectivity index (χ2v) is 5.45. The first-order chi connectivity index (χ1) is 8.68. The summed E-state index contributed by atoms with van der Waals surface area (Å²) in [4.78, 5) is 0. The minimum Gasteiger partial charge on any atom is -0.373 e. The van der Waals surface area contributed by atoms with Crippen molar-refractivity contribution in [1.82, 2.24) is 0 Å². The van der Waals surface area contributed by atoms with E-state index < -0.39 is 0 Å². The monoisotopic (exact) mass is 247 g/mol. The molecule has 0 saturated heterocycles. The molecule has 100 valence electrons. The maximum atomic E-state index is 6.52. The standard InChI is InChI=1S/C16H25NO/c1-3-18-16(11-5-4-6-12-16)15(17)14-9-7-13(2)8-10-14/h7-10,15H,3-6,11-12,17H2,1-2H3. The Morgan fingerprint density at radius 2 is 1.78 bits per heavy atom. The van der Waals surface area contributed by atoms with Crippen molar-refractivity contribution in [2.24, 2.45) is 5.73 Å². The van der Waals surface area contributed by atoms with Crippen LogP contribution in [-0.4, -0.2) is 12.2 Å². The SMILES string of the molecule is CCOC1(C(N)c2ccc(C)cc2)CCCCC1. The number of aryl methyl sites for hydroxylation is 1. The number of nitrogens with two attached hydrogens (primary N) is 1. The van der Waals surface area contributed by atoms with Crippen LogP contribution in [0.3, 0.4) is 0 Å². The highest BCUT2D eigenvalue weighted by molar-refractivity contribution is 5.26. The molecule has 1 fully saturated rings. The number of hydrogen-bond donors (Lipinski definition) is 1. The molecule has 0 aliphatic heterocycles. The molecule has 2 rings (SSSR count). The Morgan fingerprint density at radius 3 is 2.33 bits per heavy atom. The largest absolute Gasteiger partial charge is 0.373 e. The number of ether oxygens (including phenoxy) is 1. The van der Waals surface area contributed by atoms with Gasteiger partial charge in [-0.2, -0.15) is 0 Å². The second kappa shape index (κ2) is 5.85. The lowest BCUT2D eigenvalue weighted by Gasteiger charge is -2.41. The average Bonchev–Trinajstić information content (AvgIpc) is 2.40. The fourth-order valence-electron chi connectivity index (χ4n) is 3.06. The Labute approximate surface area is 111 Å². The molecule has 0 radical (unpaired) electrons. The summed E-state index contributed by atoms with van der Waals surface area (Å²) in [6, 6.07) is 8.57. The third-order valence-electron chi connectivity index (χ3n) is 4.13. The van der Waals surface area contributed by atoms with E-state index in [1.54, 1.807) is 0 Å². The van der Waals surface area contributed by atoms with Gasteiger partial charge >= 0.3 is 0 Å². The number of hydrogen-bond acceptors (Lipinski definition) is 2.